The van der Waals surface area contributed by atoms with Crippen molar-refractivity contribution in [1.29, 1.82) is 0 Å². The number of nitrogens with one attached hydrogen (secondary N) is 2. The van der Waals surface area contributed by atoms with Crippen molar-refractivity contribution >= 4 is 35.1 Å². The molecule has 8 heteroatoms. The average molecular weight is 405 g/mol. The van der Waals surface area contributed by atoms with Crippen molar-refractivity contribution in [2.45, 2.75) is 19.4 Å². The molecule has 148 valence electrons. The number of halogens is 1. The second kappa shape index (κ2) is 10.3. The first-order chi connectivity index (χ1) is 13.4. The lowest BCUT2D eigenvalue weighted by Crippen LogP contribution is -2.32. The lowest BCUT2D eigenvalue weighted by molar-refractivity contribution is -0.153. The van der Waals surface area contributed by atoms with Crippen molar-refractivity contribution in [3.8, 4) is 5.75 Å². The second-order valence-electron chi connectivity index (χ2n) is 5.83. The van der Waals surface area contributed by atoms with Crippen molar-refractivity contribution in [3.63, 3.8) is 0 Å². The monoisotopic (exact) mass is 404 g/mol. The Hall–Kier alpha value is -3.06. The van der Waals surface area contributed by atoms with Gasteiger partial charge in [-0.15, -0.1) is 0 Å². The third kappa shape index (κ3) is 6.28. The summed E-state index contributed by atoms with van der Waals surface area (Å²) in [6.07, 6.45) is -1.06. The molecule has 0 fully saturated rings. The van der Waals surface area contributed by atoms with Crippen LogP contribution in [0, 0.1) is 0 Å². The van der Waals surface area contributed by atoms with Gasteiger partial charge in [-0.25, -0.2) is 0 Å². The van der Waals surface area contributed by atoms with E-state index in [1.165, 1.54) is 14.0 Å². The van der Waals surface area contributed by atoms with Crippen LogP contribution < -0.4 is 15.4 Å². The lowest BCUT2D eigenvalue weighted by atomic mass is 10.2. The van der Waals surface area contributed by atoms with Gasteiger partial charge in [0.25, 0.3) is 11.8 Å². The molecule has 2 aromatic carbocycles. The maximum absolute atomic E-state index is 12.2. The van der Waals surface area contributed by atoms with Crippen LogP contribution in [0.5, 0.6) is 5.75 Å². The zero-order chi connectivity index (χ0) is 20.5. The van der Waals surface area contributed by atoms with Crippen molar-refractivity contribution < 1.29 is 23.9 Å². The molecule has 0 saturated carbocycles. The Labute approximate surface area is 168 Å². The highest BCUT2D eigenvalue weighted by Gasteiger charge is 2.19. The van der Waals surface area contributed by atoms with Crippen LogP contribution in [0.4, 0.5) is 5.69 Å². The summed E-state index contributed by atoms with van der Waals surface area (Å²) in [4.78, 5) is 36.0. The number of hydrogen-bond acceptors (Lipinski definition) is 5. The van der Waals surface area contributed by atoms with Gasteiger partial charge in [0.05, 0.1) is 19.2 Å². The van der Waals surface area contributed by atoms with E-state index >= 15 is 0 Å². The molecule has 0 aliphatic rings. The fraction of sp³-hybridized carbons (Fsp3) is 0.250. The van der Waals surface area contributed by atoms with Gasteiger partial charge in [-0.2, -0.15) is 0 Å². The van der Waals surface area contributed by atoms with Crippen LogP contribution in [0.25, 0.3) is 0 Å². The first-order valence-electron chi connectivity index (χ1n) is 8.58. The molecule has 2 N–H and O–H groups in total. The highest BCUT2D eigenvalue weighted by Crippen LogP contribution is 2.23. The Kier molecular flexibility index (Phi) is 7.83. The second-order valence-corrected chi connectivity index (χ2v) is 6.27. The number of rotatable bonds is 8. The highest BCUT2D eigenvalue weighted by molar-refractivity contribution is 6.30. The SMILES string of the molecule is COc1ccccc1NC(=O)[C@H](C)OC(=O)CCNC(=O)c1ccc(Cl)cc1. The van der Waals surface area contributed by atoms with Crippen LogP contribution in [-0.4, -0.2) is 37.5 Å². The number of esters is 1. The summed E-state index contributed by atoms with van der Waals surface area (Å²) < 4.78 is 10.3. The molecule has 0 heterocycles. The molecule has 1 atom stereocenters. The van der Waals surface area contributed by atoms with Gasteiger partial charge in [-0.3, -0.25) is 14.4 Å². The minimum atomic E-state index is -0.996. The molecule has 0 aromatic heterocycles. The molecule has 0 radical (unpaired) electrons. The Morgan fingerprint density at radius 1 is 1.07 bits per heavy atom. The zero-order valence-corrected chi connectivity index (χ0v) is 16.3. The molecular weight excluding hydrogens is 384 g/mol. The zero-order valence-electron chi connectivity index (χ0n) is 15.5. The van der Waals surface area contributed by atoms with Crippen molar-refractivity contribution in [2.24, 2.45) is 0 Å². The van der Waals surface area contributed by atoms with Crippen LogP contribution in [-0.2, 0) is 14.3 Å². The molecule has 2 rings (SSSR count). The van der Waals surface area contributed by atoms with E-state index in [0.717, 1.165) is 0 Å². The summed E-state index contributed by atoms with van der Waals surface area (Å²) >= 11 is 5.77. The topological polar surface area (TPSA) is 93.7 Å². The van der Waals surface area contributed by atoms with Crippen LogP contribution in [0.2, 0.25) is 5.02 Å². The Morgan fingerprint density at radius 2 is 1.75 bits per heavy atom. The minimum Gasteiger partial charge on any atom is -0.495 e. The van der Waals surface area contributed by atoms with Gasteiger partial charge in [0.15, 0.2) is 6.10 Å². The van der Waals surface area contributed by atoms with Gasteiger partial charge in [-0.1, -0.05) is 23.7 Å². The van der Waals surface area contributed by atoms with Gasteiger partial charge >= 0.3 is 5.97 Å². The number of anilines is 1. The molecule has 28 heavy (non-hydrogen) atoms. The number of carbonyl (C=O) groups excluding carboxylic acids is 3. The maximum atomic E-state index is 12.2. The van der Waals surface area contributed by atoms with Crippen LogP contribution in [0.15, 0.2) is 48.5 Å². The van der Waals surface area contributed by atoms with E-state index in [9.17, 15) is 14.4 Å². The molecule has 7 nitrogen and oxygen atoms in total. The lowest BCUT2D eigenvalue weighted by Gasteiger charge is -2.15. The minimum absolute atomic E-state index is 0.0639. The van der Waals surface area contributed by atoms with Gasteiger partial charge in [-0.05, 0) is 43.3 Å². The molecular formula is C20H21ClN2O5. The third-order valence-corrected chi connectivity index (χ3v) is 4.02. The van der Waals surface area contributed by atoms with E-state index in [1.54, 1.807) is 48.5 Å². The van der Waals surface area contributed by atoms with E-state index in [4.69, 9.17) is 21.1 Å². The quantitative estimate of drug-likeness (QED) is 0.659. The van der Waals surface area contributed by atoms with E-state index in [-0.39, 0.29) is 18.9 Å². The number of ether oxygens (including phenoxy) is 2. The summed E-state index contributed by atoms with van der Waals surface area (Å²) in [5.74, 6) is -0.909. The molecule has 2 aromatic rings. The Balaban J connectivity index is 1.76. The standard InChI is InChI=1S/C20H21ClN2O5/c1-13(19(25)23-16-5-3-4-6-17(16)27-2)28-18(24)11-12-22-20(26)14-7-9-15(21)10-8-14/h3-10,13H,11-12H2,1-2H3,(H,22,26)(H,23,25)/t13-/m0/s1. The van der Waals surface area contributed by atoms with E-state index in [1.807, 2.05) is 0 Å². The summed E-state index contributed by atoms with van der Waals surface area (Å²) in [5, 5.41) is 5.78. The van der Waals surface area contributed by atoms with Crippen LogP contribution in [0.1, 0.15) is 23.7 Å². The number of carbonyl (C=O) groups is 3. The molecule has 0 aliphatic carbocycles. The number of hydrogen-bond donors (Lipinski definition) is 2. The Morgan fingerprint density at radius 3 is 2.43 bits per heavy atom. The van der Waals surface area contributed by atoms with Crippen LogP contribution >= 0.6 is 11.6 Å². The third-order valence-electron chi connectivity index (χ3n) is 3.76. The number of benzene rings is 2. The van der Waals surface area contributed by atoms with Gasteiger partial charge < -0.3 is 20.1 Å². The normalized spacial score (nSPS) is 11.2. The fourth-order valence-electron chi connectivity index (χ4n) is 2.27. The number of amides is 2. The first kappa shape index (κ1) is 21.2. The summed E-state index contributed by atoms with van der Waals surface area (Å²) in [5.41, 5.74) is 0.912. The van der Waals surface area contributed by atoms with E-state index in [2.05, 4.69) is 10.6 Å². The molecule has 0 spiro atoms. The molecule has 2 amide bonds. The van der Waals surface area contributed by atoms with Crippen molar-refractivity contribution in [3.05, 3.63) is 59.1 Å². The Bertz CT molecular complexity index is 839. The summed E-state index contributed by atoms with van der Waals surface area (Å²) in [7, 11) is 1.49. The van der Waals surface area contributed by atoms with Crippen molar-refractivity contribution in [1.82, 2.24) is 5.32 Å². The number of methoxy groups -OCH3 is 1. The predicted molar refractivity (Wildman–Crippen MR) is 106 cm³/mol. The van der Waals surface area contributed by atoms with E-state index < -0.39 is 18.0 Å². The van der Waals surface area contributed by atoms with Crippen molar-refractivity contribution in [2.75, 3.05) is 19.0 Å². The highest BCUT2D eigenvalue weighted by atomic mass is 35.5. The fourth-order valence-corrected chi connectivity index (χ4v) is 2.40. The van der Waals surface area contributed by atoms with Crippen LogP contribution in [0.3, 0.4) is 0 Å². The maximum Gasteiger partial charge on any atom is 0.308 e. The summed E-state index contributed by atoms with van der Waals surface area (Å²) in [6.45, 7) is 1.55. The predicted octanol–water partition coefficient (Wildman–Crippen LogP) is 3.04. The first-order valence-corrected chi connectivity index (χ1v) is 8.95. The van der Waals surface area contributed by atoms with Gasteiger partial charge in [0, 0.05) is 17.1 Å². The van der Waals surface area contributed by atoms with Gasteiger partial charge in [0.1, 0.15) is 5.75 Å². The largest absolute Gasteiger partial charge is 0.495 e. The molecule has 0 unspecified atom stereocenters. The average Bonchev–Trinajstić information content (AvgIpc) is 2.68. The van der Waals surface area contributed by atoms with Gasteiger partial charge in [0.2, 0.25) is 0 Å². The molecule has 0 saturated heterocycles. The van der Waals surface area contributed by atoms with E-state index in [0.29, 0.717) is 22.0 Å². The molecule has 0 aliphatic heterocycles. The molecule has 0 bridgehead atoms. The smallest absolute Gasteiger partial charge is 0.308 e. The summed E-state index contributed by atoms with van der Waals surface area (Å²) in [6, 6.07) is 13.3. The number of para-hydroxylation sites is 2.